The van der Waals surface area contributed by atoms with Gasteiger partial charge in [-0.3, -0.25) is 9.69 Å². The Morgan fingerprint density at radius 2 is 1.84 bits per heavy atom. The molecule has 1 heterocycles. The molecular formula is C25H24N2O3S. The molecule has 0 aromatic heterocycles. The monoisotopic (exact) mass is 432 g/mol. The van der Waals surface area contributed by atoms with E-state index in [9.17, 15) is 4.79 Å². The first kappa shape index (κ1) is 20.9. The zero-order valence-electron chi connectivity index (χ0n) is 17.6. The first-order valence-electron chi connectivity index (χ1n) is 10.2. The molecule has 1 amide bonds. The Morgan fingerprint density at radius 1 is 1.03 bits per heavy atom. The standard InChI is InChI=1S/C25H24N2O3S/c1-3-12-27-24(28)21(26-25(27)31)14-17-9-11-22(23(15-17)29-2)30-16-18-8-10-19-6-4-5-7-20(19)13-18/h4-11,13-15H,3,12,16H2,1-2H3,(H,26,31)/b21-14-. The van der Waals surface area contributed by atoms with Crippen LogP contribution in [0.25, 0.3) is 16.8 Å². The van der Waals surface area contributed by atoms with E-state index >= 15 is 0 Å². The van der Waals surface area contributed by atoms with Crippen molar-refractivity contribution in [1.29, 1.82) is 0 Å². The first-order chi connectivity index (χ1) is 15.1. The van der Waals surface area contributed by atoms with Gasteiger partial charge in [-0.05, 0) is 64.8 Å². The van der Waals surface area contributed by atoms with Crippen LogP contribution >= 0.6 is 12.2 Å². The molecule has 1 aliphatic rings. The summed E-state index contributed by atoms with van der Waals surface area (Å²) in [7, 11) is 1.60. The second-order valence-electron chi connectivity index (χ2n) is 7.33. The number of methoxy groups -OCH3 is 1. The summed E-state index contributed by atoms with van der Waals surface area (Å²) in [6.07, 6.45) is 2.62. The maximum absolute atomic E-state index is 12.5. The maximum Gasteiger partial charge on any atom is 0.276 e. The summed E-state index contributed by atoms with van der Waals surface area (Å²) in [6, 6.07) is 20.1. The third-order valence-electron chi connectivity index (χ3n) is 5.12. The van der Waals surface area contributed by atoms with Gasteiger partial charge in [-0.15, -0.1) is 0 Å². The molecule has 0 spiro atoms. The molecule has 0 unspecified atom stereocenters. The molecule has 1 aliphatic heterocycles. The lowest BCUT2D eigenvalue weighted by atomic mass is 10.1. The van der Waals surface area contributed by atoms with E-state index < -0.39 is 0 Å². The highest BCUT2D eigenvalue weighted by atomic mass is 32.1. The minimum Gasteiger partial charge on any atom is -0.493 e. The number of hydrogen-bond acceptors (Lipinski definition) is 4. The Morgan fingerprint density at radius 3 is 2.61 bits per heavy atom. The summed E-state index contributed by atoms with van der Waals surface area (Å²) >= 11 is 5.26. The third kappa shape index (κ3) is 4.54. The number of ether oxygens (including phenoxy) is 2. The lowest BCUT2D eigenvalue weighted by Gasteiger charge is -2.12. The van der Waals surface area contributed by atoms with Gasteiger partial charge >= 0.3 is 0 Å². The van der Waals surface area contributed by atoms with Crippen molar-refractivity contribution >= 4 is 40.1 Å². The second-order valence-corrected chi connectivity index (χ2v) is 7.71. The van der Waals surface area contributed by atoms with Crippen LogP contribution in [-0.4, -0.2) is 29.6 Å². The quantitative estimate of drug-likeness (QED) is 0.425. The van der Waals surface area contributed by atoms with Crippen LogP contribution in [0.15, 0.2) is 66.4 Å². The number of nitrogens with one attached hydrogen (secondary N) is 1. The molecule has 3 aromatic rings. The van der Waals surface area contributed by atoms with E-state index in [1.807, 2.05) is 37.3 Å². The molecular weight excluding hydrogens is 408 g/mol. The van der Waals surface area contributed by atoms with Crippen LogP contribution in [0.3, 0.4) is 0 Å². The van der Waals surface area contributed by atoms with Gasteiger partial charge in [0.1, 0.15) is 12.3 Å². The van der Waals surface area contributed by atoms with Crippen LogP contribution in [-0.2, 0) is 11.4 Å². The molecule has 1 N–H and O–H groups in total. The highest BCUT2D eigenvalue weighted by molar-refractivity contribution is 7.80. The number of nitrogens with zero attached hydrogens (tertiary/aromatic N) is 1. The summed E-state index contributed by atoms with van der Waals surface area (Å²) in [4.78, 5) is 14.1. The molecule has 0 bridgehead atoms. The predicted octanol–water partition coefficient (Wildman–Crippen LogP) is 4.90. The topological polar surface area (TPSA) is 50.8 Å². The highest BCUT2D eigenvalue weighted by Gasteiger charge is 2.29. The zero-order chi connectivity index (χ0) is 21.8. The molecule has 1 fully saturated rings. The summed E-state index contributed by atoms with van der Waals surface area (Å²) < 4.78 is 11.5. The fraction of sp³-hybridized carbons (Fsp3) is 0.200. The SMILES string of the molecule is CCCN1C(=O)/C(=C/c2ccc(OCc3ccc4ccccc4c3)c(OC)c2)NC1=S. The van der Waals surface area contributed by atoms with E-state index in [0.29, 0.717) is 35.5 Å². The normalized spacial score (nSPS) is 14.9. The Kier molecular flexibility index (Phi) is 6.18. The lowest BCUT2D eigenvalue weighted by Crippen LogP contribution is -2.31. The van der Waals surface area contributed by atoms with Crippen molar-refractivity contribution in [3.63, 3.8) is 0 Å². The molecule has 0 aliphatic carbocycles. The minimum atomic E-state index is -0.109. The Hall–Kier alpha value is -3.38. The smallest absolute Gasteiger partial charge is 0.276 e. The van der Waals surface area contributed by atoms with Crippen LogP contribution in [0, 0.1) is 0 Å². The molecule has 158 valence electrons. The van der Waals surface area contributed by atoms with E-state index in [0.717, 1.165) is 17.5 Å². The summed E-state index contributed by atoms with van der Waals surface area (Å²) in [5, 5.41) is 5.83. The Bertz CT molecular complexity index is 1170. The van der Waals surface area contributed by atoms with Gasteiger partial charge in [-0.1, -0.05) is 49.4 Å². The van der Waals surface area contributed by atoms with Crippen LogP contribution in [0.5, 0.6) is 11.5 Å². The number of benzene rings is 3. The van der Waals surface area contributed by atoms with Crippen molar-refractivity contribution in [3.8, 4) is 11.5 Å². The van der Waals surface area contributed by atoms with Crippen LogP contribution in [0.2, 0.25) is 0 Å². The number of amides is 1. The van der Waals surface area contributed by atoms with Crippen molar-refractivity contribution in [1.82, 2.24) is 10.2 Å². The van der Waals surface area contributed by atoms with Gasteiger partial charge in [0.2, 0.25) is 0 Å². The molecule has 3 aromatic carbocycles. The van der Waals surface area contributed by atoms with Gasteiger partial charge in [-0.25, -0.2) is 0 Å². The summed E-state index contributed by atoms with van der Waals surface area (Å²) in [5.41, 5.74) is 2.37. The van der Waals surface area contributed by atoms with Crippen molar-refractivity contribution in [3.05, 3.63) is 77.5 Å². The van der Waals surface area contributed by atoms with E-state index in [2.05, 4.69) is 35.6 Å². The number of carbonyl (C=O) groups is 1. The first-order valence-corrected chi connectivity index (χ1v) is 10.6. The van der Waals surface area contributed by atoms with Gasteiger partial charge in [0, 0.05) is 6.54 Å². The Labute approximate surface area is 187 Å². The van der Waals surface area contributed by atoms with E-state index in [-0.39, 0.29) is 5.91 Å². The average molecular weight is 433 g/mol. The minimum absolute atomic E-state index is 0.109. The van der Waals surface area contributed by atoms with Gasteiger partial charge in [-0.2, -0.15) is 0 Å². The van der Waals surface area contributed by atoms with Crippen molar-refractivity contribution in [2.45, 2.75) is 20.0 Å². The molecule has 1 saturated heterocycles. The molecule has 5 nitrogen and oxygen atoms in total. The largest absolute Gasteiger partial charge is 0.493 e. The summed E-state index contributed by atoms with van der Waals surface area (Å²) in [6.45, 7) is 3.05. The number of hydrogen-bond donors (Lipinski definition) is 1. The zero-order valence-corrected chi connectivity index (χ0v) is 18.4. The van der Waals surface area contributed by atoms with Gasteiger partial charge in [0.25, 0.3) is 5.91 Å². The van der Waals surface area contributed by atoms with E-state index in [1.54, 1.807) is 18.1 Å². The number of thiocarbonyl (C=S) groups is 1. The van der Waals surface area contributed by atoms with Gasteiger partial charge < -0.3 is 14.8 Å². The molecule has 0 radical (unpaired) electrons. The molecule has 6 heteroatoms. The number of fused-ring (bicyclic) bond motifs is 1. The van der Waals surface area contributed by atoms with Crippen molar-refractivity contribution in [2.24, 2.45) is 0 Å². The van der Waals surface area contributed by atoms with Crippen molar-refractivity contribution in [2.75, 3.05) is 13.7 Å². The maximum atomic E-state index is 12.5. The average Bonchev–Trinajstić information content (AvgIpc) is 3.05. The van der Waals surface area contributed by atoms with Crippen LogP contribution in [0.4, 0.5) is 0 Å². The molecule has 31 heavy (non-hydrogen) atoms. The third-order valence-corrected chi connectivity index (χ3v) is 5.44. The lowest BCUT2D eigenvalue weighted by molar-refractivity contribution is -0.122. The van der Waals surface area contributed by atoms with E-state index in [4.69, 9.17) is 21.7 Å². The van der Waals surface area contributed by atoms with E-state index in [1.165, 1.54) is 10.8 Å². The highest BCUT2D eigenvalue weighted by Crippen LogP contribution is 2.30. The predicted molar refractivity (Wildman–Crippen MR) is 127 cm³/mol. The fourth-order valence-corrected chi connectivity index (χ4v) is 3.83. The molecule has 0 atom stereocenters. The summed E-state index contributed by atoms with van der Waals surface area (Å²) in [5.74, 6) is 1.14. The molecule has 0 saturated carbocycles. The van der Waals surface area contributed by atoms with Crippen LogP contribution in [0.1, 0.15) is 24.5 Å². The second kappa shape index (κ2) is 9.18. The number of rotatable bonds is 7. The van der Waals surface area contributed by atoms with Gasteiger partial charge in [0.05, 0.1) is 7.11 Å². The fourth-order valence-electron chi connectivity index (χ4n) is 3.55. The Balaban J connectivity index is 1.50. The van der Waals surface area contributed by atoms with Crippen LogP contribution < -0.4 is 14.8 Å². The molecule has 4 rings (SSSR count). The van der Waals surface area contributed by atoms with Gasteiger partial charge in [0.15, 0.2) is 16.6 Å². The number of carbonyl (C=O) groups excluding carboxylic acids is 1. The van der Waals surface area contributed by atoms with Crippen molar-refractivity contribution < 1.29 is 14.3 Å².